The van der Waals surface area contributed by atoms with Crippen molar-refractivity contribution in [3.63, 3.8) is 0 Å². The van der Waals surface area contributed by atoms with Crippen LogP contribution in [0.25, 0.3) is 6.08 Å². The number of rotatable bonds is 9. The van der Waals surface area contributed by atoms with Crippen molar-refractivity contribution in [2.75, 3.05) is 7.11 Å². The van der Waals surface area contributed by atoms with Gasteiger partial charge in [0, 0.05) is 12.5 Å². The van der Waals surface area contributed by atoms with Gasteiger partial charge in [-0.2, -0.15) is 0 Å². The van der Waals surface area contributed by atoms with Crippen molar-refractivity contribution in [3.05, 3.63) is 71.8 Å². The number of methoxy groups -OCH3 is 1. The Morgan fingerprint density at radius 3 is 2.28 bits per heavy atom. The van der Waals surface area contributed by atoms with E-state index >= 15 is 0 Å². The molecule has 0 aliphatic carbocycles. The molecule has 4 N–H and O–H groups in total. The molecule has 0 radical (unpaired) electrons. The Balaban J connectivity index is 1.89. The Morgan fingerprint density at radius 2 is 1.69 bits per heavy atom. The van der Waals surface area contributed by atoms with Gasteiger partial charge in [0.15, 0.2) is 0 Å². The number of carbonyl (C=O) groups is 3. The zero-order valence-electron chi connectivity index (χ0n) is 16.4. The Hall–Kier alpha value is -3.61. The van der Waals surface area contributed by atoms with Gasteiger partial charge in [0.1, 0.15) is 17.8 Å². The average molecular weight is 395 g/mol. The molecular formula is C22H25N3O4. The predicted octanol–water partition coefficient (Wildman–Crippen LogP) is 1.43. The number of hydrogen-bond donors (Lipinski definition) is 3. The summed E-state index contributed by atoms with van der Waals surface area (Å²) in [4.78, 5) is 36.1. The third-order valence-corrected chi connectivity index (χ3v) is 4.24. The summed E-state index contributed by atoms with van der Waals surface area (Å²) >= 11 is 0. The molecule has 0 heterocycles. The molecule has 7 heteroatoms. The molecule has 29 heavy (non-hydrogen) atoms. The number of hydrogen-bond acceptors (Lipinski definition) is 4. The quantitative estimate of drug-likeness (QED) is 0.558. The summed E-state index contributed by atoms with van der Waals surface area (Å²) < 4.78 is 5.08. The van der Waals surface area contributed by atoms with E-state index in [2.05, 4.69) is 10.6 Å². The molecule has 0 aliphatic heterocycles. The predicted molar refractivity (Wildman–Crippen MR) is 111 cm³/mol. The zero-order valence-corrected chi connectivity index (χ0v) is 16.4. The van der Waals surface area contributed by atoms with Crippen LogP contribution in [0.2, 0.25) is 0 Å². The van der Waals surface area contributed by atoms with E-state index in [1.807, 2.05) is 30.3 Å². The minimum absolute atomic E-state index is 0.278. The number of benzene rings is 2. The van der Waals surface area contributed by atoms with Crippen LogP contribution in [0.15, 0.2) is 60.7 Å². The maximum absolute atomic E-state index is 12.4. The molecule has 0 fully saturated rings. The van der Waals surface area contributed by atoms with Gasteiger partial charge in [-0.1, -0.05) is 42.5 Å². The maximum atomic E-state index is 12.4. The van der Waals surface area contributed by atoms with Crippen LogP contribution in [-0.4, -0.2) is 36.9 Å². The SMILES string of the molecule is COc1ccc(/C=C/C(=O)NC(C)C(=O)NC(Cc2ccccc2)C(N)=O)cc1. The summed E-state index contributed by atoms with van der Waals surface area (Å²) in [5, 5.41) is 5.16. The monoisotopic (exact) mass is 395 g/mol. The first-order chi connectivity index (χ1) is 13.9. The summed E-state index contributed by atoms with van der Waals surface area (Å²) in [6.45, 7) is 1.54. The Labute approximate surface area is 169 Å². The summed E-state index contributed by atoms with van der Waals surface area (Å²) in [5.74, 6) is -0.838. The second-order valence-electron chi connectivity index (χ2n) is 6.49. The van der Waals surface area contributed by atoms with E-state index in [-0.39, 0.29) is 6.42 Å². The lowest BCUT2D eigenvalue weighted by atomic mass is 10.1. The number of carbonyl (C=O) groups excluding carboxylic acids is 3. The minimum Gasteiger partial charge on any atom is -0.497 e. The molecule has 0 saturated carbocycles. The summed E-state index contributed by atoms with van der Waals surface area (Å²) in [7, 11) is 1.58. The molecule has 152 valence electrons. The van der Waals surface area contributed by atoms with E-state index in [4.69, 9.17) is 10.5 Å². The molecule has 0 saturated heterocycles. The molecule has 2 aromatic carbocycles. The van der Waals surface area contributed by atoms with E-state index in [0.717, 1.165) is 16.9 Å². The molecule has 2 atom stereocenters. The van der Waals surface area contributed by atoms with Crippen LogP contribution in [-0.2, 0) is 20.8 Å². The summed E-state index contributed by atoms with van der Waals surface area (Å²) in [6.07, 6.45) is 3.24. The minimum atomic E-state index is -0.862. The highest BCUT2D eigenvalue weighted by Crippen LogP contribution is 2.12. The molecular weight excluding hydrogens is 370 g/mol. The van der Waals surface area contributed by atoms with Gasteiger partial charge < -0.3 is 21.1 Å². The highest BCUT2D eigenvalue weighted by atomic mass is 16.5. The van der Waals surface area contributed by atoms with Crippen molar-refractivity contribution < 1.29 is 19.1 Å². The lowest BCUT2D eigenvalue weighted by Gasteiger charge is -2.19. The average Bonchev–Trinajstić information content (AvgIpc) is 2.72. The molecule has 0 aromatic heterocycles. The maximum Gasteiger partial charge on any atom is 0.244 e. The van der Waals surface area contributed by atoms with E-state index in [9.17, 15) is 14.4 Å². The number of nitrogens with one attached hydrogen (secondary N) is 2. The van der Waals surface area contributed by atoms with Crippen molar-refractivity contribution in [3.8, 4) is 5.75 Å². The van der Waals surface area contributed by atoms with Gasteiger partial charge in [0.25, 0.3) is 0 Å². The van der Waals surface area contributed by atoms with Crippen LogP contribution in [0.1, 0.15) is 18.1 Å². The van der Waals surface area contributed by atoms with E-state index in [1.165, 1.54) is 13.0 Å². The van der Waals surface area contributed by atoms with Gasteiger partial charge in [-0.25, -0.2) is 0 Å². The standard InChI is InChI=1S/C22H25N3O4/c1-15(24-20(26)13-10-16-8-11-18(29-2)12-9-16)22(28)25-19(21(23)27)14-17-6-4-3-5-7-17/h3-13,15,19H,14H2,1-2H3,(H2,23,27)(H,24,26)(H,25,28)/b13-10+. The molecule has 0 spiro atoms. The lowest BCUT2D eigenvalue weighted by Crippen LogP contribution is -2.52. The third-order valence-electron chi connectivity index (χ3n) is 4.24. The molecule has 2 aromatic rings. The van der Waals surface area contributed by atoms with Gasteiger partial charge in [-0.15, -0.1) is 0 Å². The highest BCUT2D eigenvalue weighted by Gasteiger charge is 2.22. The van der Waals surface area contributed by atoms with Gasteiger partial charge in [0.05, 0.1) is 7.11 Å². The Kier molecular flexibility index (Phi) is 7.97. The van der Waals surface area contributed by atoms with Gasteiger partial charge in [0.2, 0.25) is 17.7 Å². The van der Waals surface area contributed by atoms with Crippen LogP contribution in [0.3, 0.4) is 0 Å². The van der Waals surface area contributed by atoms with Crippen LogP contribution < -0.4 is 21.1 Å². The van der Waals surface area contributed by atoms with Crippen molar-refractivity contribution >= 4 is 23.8 Å². The van der Waals surface area contributed by atoms with Crippen molar-refractivity contribution in [1.82, 2.24) is 10.6 Å². The van der Waals surface area contributed by atoms with Crippen molar-refractivity contribution in [2.24, 2.45) is 5.73 Å². The molecule has 2 unspecified atom stereocenters. The molecule has 0 aliphatic rings. The van der Waals surface area contributed by atoms with Crippen molar-refractivity contribution in [1.29, 1.82) is 0 Å². The number of amides is 3. The number of nitrogens with two attached hydrogens (primary N) is 1. The van der Waals surface area contributed by atoms with Gasteiger partial charge in [-0.05, 0) is 36.3 Å². The van der Waals surface area contributed by atoms with Crippen LogP contribution in [0.5, 0.6) is 5.75 Å². The lowest BCUT2D eigenvalue weighted by molar-refractivity contribution is -0.130. The topological polar surface area (TPSA) is 111 Å². The molecule has 2 rings (SSSR count). The Bertz CT molecular complexity index is 863. The fraction of sp³-hybridized carbons (Fsp3) is 0.227. The third kappa shape index (κ3) is 7.14. The second kappa shape index (κ2) is 10.7. The largest absolute Gasteiger partial charge is 0.497 e. The fourth-order valence-corrected chi connectivity index (χ4v) is 2.58. The fourth-order valence-electron chi connectivity index (χ4n) is 2.58. The Morgan fingerprint density at radius 1 is 1.03 bits per heavy atom. The summed E-state index contributed by atoms with van der Waals surface area (Å²) in [6, 6.07) is 14.7. The first-order valence-electron chi connectivity index (χ1n) is 9.15. The van der Waals surface area contributed by atoms with E-state index in [0.29, 0.717) is 0 Å². The van der Waals surface area contributed by atoms with Crippen molar-refractivity contribution in [2.45, 2.75) is 25.4 Å². The molecule has 0 bridgehead atoms. The van der Waals surface area contributed by atoms with Crippen LogP contribution in [0, 0.1) is 0 Å². The zero-order chi connectivity index (χ0) is 21.2. The van der Waals surface area contributed by atoms with Gasteiger partial charge >= 0.3 is 0 Å². The first kappa shape index (κ1) is 21.7. The van der Waals surface area contributed by atoms with E-state index < -0.39 is 29.8 Å². The summed E-state index contributed by atoms with van der Waals surface area (Å²) in [5.41, 5.74) is 7.09. The normalized spacial score (nSPS) is 12.8. The molecule has 3 amide bonds. The van der Waals surface area contributed by atoms with Crippen LogP contribution >= 0.6 is 0 Å². The smallest absolute Gasteiger partial charge is 0.244 e. The number of primary amides is 1. The highest BCUT2D eigenvalue weighted by molar-refractivity contribution is 5.96. The number of ether oxygens (including phenoxy) is 1. The van der Waals surface area contributed by atoms with E-state index in [1.54, 1.807) is 37.5 Å². The first-order valence-corrected chi connectivity index (χ1v) is 9.15. The van der Waals surface area contributed by atoms with Crippen LogP contribution in [0.4, 0.5) is 0 Å². The second-order valence-corrected chi connectivity index (χ2v) is 6.49. The van der Waals surface area contributed by atoms with Gasteiger partial charge in [-0.3, -0.25) is 14.4 Å². The molecule has 7 nitrogen and oxygen atoms in total.